The monoisotopic (exact) mass is 347 g/mol. The molecule has 7 nitrogen and oxygen atoms in total. The Morgan fingerprint density at radius 1 is 1.36 bits per heavy atom. The SMILES string of the molecule is Cc1c(/C=C/C(=O)OCC(C)C)ccc2c1nnn2CCOCCO. The minimum Gasteiger partial charge on any atom is -0.462 e. The van der Waals surface area contributed by atoms with E-state index in [9.17, 15) is 4.79 Å². The molecule has 0 amide bonds. The average Bonchev–Trinajstić information content (AvgIpc) is 3.00. The molecular formula is C18H25N3O4. The number of esters is 1. The van der Waals surface area contributed by atoms with Crippen LogP contribution in [0.15, 0.2) is 18.2 Å². The second-order valence-corrected chi connectivity index (χ2v) is 6.15. The summed E-state index contributed by atoms with van der Waals surface area (Å²) in [5, 5.41) is 17.1. The van der Waals surface area contributed by atoms with Crippen molar-refractivity contribution in [1.82, 2.24) is 15.0 Å². The van der Waals surface area contributed by atoms with E-state index in [1.807, 2.05) is 32.9 Å². The van der Waals surface area contributed by atoms with Crippen LogP contribution in [0, 0.1) is 12.8 Å². The molecule has 0 spiro atoms. The molecule has 0 atom stereocenters. The summed E-state index contributed by atoms with van der Waals surface area (Å²) in [4.78, 5) is 11.7. The fourth-order valence-corrected chi connectivity index (χ4v) is 2.30. The van der Waals surface area contributed by atoms with Crippen molar-refractivity contribution >= 4 is 23.1 Å². The summed E-state index contributed by atoms with van der Waals surface area (Å²) in [5.41, 5.74) is 3.55. The van der Waals surface area contributed by atoms with Crippen LogP contribution < -0.4 is 0 Å². The number of hydrogen-bond donors (Lipinski definition) is 1. The predicted octanol–water partition coefficient (Wildman–Crippen LogP) is 1.96. The second kappa shape index (κ2) is 9.29. The molecule has 1 aromatic heterocycles. The van der Waals surface area contributed by atoms with E-state index in [0.717, 1.165) is 22.2 Å². The van der Waals surface area contributed by atoms with Crippen LogP contribution in [0.5, 0.6) is 0 Å². The maximum Gasteiger partial charge on any atom is 0.330 e. The van der Waals surface area contributed by atoms with Crippen molar-refractivity contribution in [2.24, 2.45) is 5.92 Å². The highest BCUT2D eigenvalue weighted by Gasteiger charge is 2.09. The van der Waals surface area contributed by atoms with Crippen LogP contribution in [0.1, 0.15) is 25.0 Å². The summed E-state index contributed by atoms with van der Waals surface area (Å²) < 4.78 is 12.2. The maximum absolute atomic E-state index is 11.7. The van der Waals surface area contributed by atoms with Gasteiger partial charge in [0.05, 0.1) is 38.5 Å². The number of aliphatic hydroxyl groups is 1. The lowest BCUT2D eigenvalue weighted by Gasteiger charge is -2.06. The molecule has 2 rings (SSSR count). The quantitative estimate of drug-likeness (QED) is 0.424. The molecular weight excluding hydrogens is 322 g/mol. The molecule has 2 aromatic rings. The highest BCUT2D eigenvalue weighted by molar-refractivity contribution is 5.89. The van der Waals surface area contributed by atoms with Gasteiger partial charge in [0, 0.05) is 6.08 Å². The van der Waals surface area contributed by atoms with Gasteiger partial charge < -0.3 is 14.6 Å². The summed E-state index contributed by atoms with van der Waals surface area (Å²) >= 11 is 0. The third-order valence-electron chi connectivity index (χ3n) is 3.62. The van der Waals surface area contributed by atoms with Crippen molar-refractivity contribution < 1.29 is 19.4 Å². The van der Waals surface area contributed by atoms with E-state index in [2.05, 4.69) is 10.3 Å². The van der Waals surface area contributed by atoms with Crippen molar-refractivity contribution in [3.8, 4) is 0 Å². The highest BCUT2D eigenvalue weighted by Crippen LogP contribution is 2.20. The van der Waals surface area contributed by atoms with Crippen molar-refractivity contribution in [2.75, 3.05) is 26.4 Å². The highest BCUT2D eigenvalue weighted by atomic mass is 16.5. The Balaban J connectivity index is 2.08. The molecule has 0 saturated heterocycles. The van der Waals surface area contributed by atoms with E-state index in [1.54, 1.807) is 10.8 Å². The molecule has 136 valence electrons. The second-order valence-electron chi connectivity index (χ2n) is 6.15. The number of carbonyl (C=O) groups excluding carboxylic acids is 1. The van der Waals surface area contributed by atoms with Gasteiger partial charge in [-0.15, -0.1) is 5.10 Å². The summed E-state index contributed by atoms with van der Waals surface area (Å²) in [7, 11) is 0. The van der Waals surface area contributed by atoms with Crippen LogP contribution in [-0.2, 0) is 20.8 Å². The number of fused-ring (bicyclic) bond motifs is 1. The average molecular weight is 347 g/mol. The lowest BCUT2D eigenvalue weighted by Crippen LogP contribution is -2.09. The Labute approximate surface area is 147 Å². The molecule has 1 N–H and O–H groups in total. The lowest BCUT2D eigenvalue weighted by atomic mass is 10.1. The van der Waals surface area contributed by atoms with Crippen LogP contribution >= 0.6 is 0 Å². The van der Waals surface area contributed by atoms with Crippen molar-refractivity contribution in [3.05, 3.63) is 29.3 Å². The molecule has 1 heterocycles. The van der Waals surface area contributed by atoms with Crippen LogP contribution in [0.2, 0.25) is 0 Å². The van der Waals surface area contributed by atoms with Gasteiger partial charge in [-0.05, 0) is 36.1 Å². The van der Waals surface area contributed by atoms with Crippen LogP contribution in [0.3, 0.4) is 0 Å². The Kier molecular flexibility index (Phi) is 7.09. The summed E-state index contributed by atoms with van der Waals surface area (Å²) in [6.45, 7) is 7.69. The molecule has 25 heavy (non-hydrogen) atoms. The summed E-state index contributed by atoms with van der Waals surface area (Å²) in [6, 6.07) is 3.85. The fourth-order valence-electron chi connectivity index (χ4n) is 2.30. The normalized spacial score (nSPS) is 11.7. The Morgan fingerprint density at radius 2 is 2.16 bits per heavy atom. The minimum absolute atomic E-state index is 0.00646. The molecule has 7 heteroatoms. The van der Waals surface area contributed by atoms with E-state index in [-0.39, 0.29) is 12.6 Å². The van der Waals surface area contributed by atoms with Crippen molar-refractivity contribution in [2.45, 2.75) is 27.3 Å². The van der Waals surface area contributed by atoms with E-state index < -0.39 is 0 Å². The van der Waals surface area contributed by atoms with Crippen LogP contribution in [0.4, 0.5) is 0 Å². The first-order valence-electron chi connectivity index (χ1n) is 8.39. The van der Waals surface area contributed by atoms with Crippen LogP contribution in [0.25, 0.3) is 17.1 Å². The largest absolute Gasteiger partial charge is 0.462 e. The molecule has 0 saturated carbocycles. The number of ether oxygens (including phenoxy) is 2. The minimum atomic E-state index is -0.349. The maximum atomic E-state index is 11.7. The molecule has 0 aliphatic heterocycles. The van der Waals surface area contributed by atoms with Crippen LogP contribution in [-0.4, -0.2) is 52.5 Å². The number of aliphatic hydroxyl groups excluding tert-OH is 1. The zero-order valence-corrected chi connectivity index (χ0v) is 14.9. The zero-order chi connectivity index (χ0) is 18.2. The number of hydrogen-bond acceptors (Lipinski definition) is 6. The smallest absolute Gasteiger partial charge is 0.330 e. The molecule has 0 radical (unpaired) electrons. The molecule has 0 fully saturated rings. The Morgan fingerprint density at radius 3 is 2.88 bits per heavy atom. The number of carbonyl (C=O) groups is 1. The standard InChI is InChI=1S/C18H25N3O4/c1-13(2)12-25-17(23)7-5-15-4-6-16-18(14(15)3)19-20-21(16)8-10-24-11-9-22/h4-7,13,22H,8-12H2,1-3H3/b7-5+. The topological polar surface area (TPSA) is 86.5 Å². The third-order valence-corrected chi connectivity index (χ3v) is 3.62. The first-order chi connectivity index (χ1) is 12.0. The molecule has 0 aliphatic carbocycles. The van der Waals surface area contributed by atoms with Gasteiger partial charge in [0.1, 0.15) is 5.52 Å². The number of nitrogens with zero attached hydrogens (tertiary/aromatic N) is 3. The van der Waals surface area contributed by atoms with E-state index in [1.165, 1.54) is 6.08 Å². The third kappa shape index (κ3) is 5.37. The first kappa shape index (κ1) is 19.1. The number of aryl methyl sites for hydroxylation is 1. The number of rotatable bonds is 9. The Bertz CT molecular complexity index is 737. The molecule has 0 unspecified atom stereocenters. The fraction of sp³-hybridized carbons (Fsp3) is 0.500. The van der Waals surface area contributed by atoms with Gasteiger partial charge in [-0.25, -0.2) is 9.48 Å². The van der Waals surface area contributed by atoms with Crippen molar-refractivity contribution in [3.63, 3.8) is 0 Å². The van der Waals surface area contributed by atoms with Gasteiger partial charge in [-0.2, -0.15) is 0 Å². The van der Waals surface area contributed by atoms with Crippen molar-refractivity contribution in [1.29, 1.82) is 0 Å². The molecule has 0 bridgehead atoms. The summed E-state index contributed by atoms with van der Waals surface area (Å²) in [5.74, 6) is -0.0373. The van der Waals surface area contributed by atoms with Gasteiger partial charge in [-0.1, -0.05) is 25.1 Å². The van der Waals surface area contributed by atoms with Gasteiger partial charge in [0.2, 0.25) is 0 Å². The van der Waals surface area contributed by atoms with Gasteiger partial charge in [0.15, 0.2) is 0 Å². The number of benzene rings is 1. The van der Waals surface area contributed by atoms with E-state index in [4.69, 9.17) is 14.6 Å². The summed E-state index contributed by atoms with van der Waals surface area (Å²) in [6.07, 6.45) is 3.17. The Hall–Kier alpha value is -2.25. The zero-order valence-electron chi connectivity index (χ0n) is 14.9. The van der Waals surface area contributed by atoms with Gasteiger partial charge in [-0.3, -0.25) is 0 Å². The lowest BCUT2D eigenvalue weighted by molar-refractivity contribution is -0.138. The van der Waals surface area contributed by atoms with Gasteiger partial charge in [0.25, 0.3) is 0 Å². The van der Waals surface area contributed by atoms with E-state index >= 15 is 0 Å². The molecule has 1 aromatic carbocycles. The van der Waals surface area contributed by atoms with E-state index in [0.29, 0.717) is 32.3 Å². The van der Waals surface area contributed by atoms with Gasteiger partial charge >= 0.3 is 5.97 Å². The predicted molar refractivity (Wildman–Crippen MR) is 95.0 cm³/mol. The molecule has 0 aliphatic rings. The number of aromatic nitrogens is 3. The first-order valence-corrected chi connectivity index (χ1v) is 8.39.